The molecule has 0 aliphatic carbocycles. The van der Waals surface area contributed by atoms with Gasteiger partial charge in [0.2, 0.25) is 0 Å². The molecule has 134 valence electrons. The summed E-state index contributed by atoms with van der Waals surface area (Å²) in [5, 5.41) is 0.129. The molecule has 3 aliphatic heterocycles. The summed E-state index contributed by atoms with van der Waals surface area (Å²) in [6.45, 7) is 2.60. The molecule has 5 nitrogen and oxygen atoms in total. The van der Waals surface area contributed by atoms with E-state index in [9.17, 15) is 12.8 Å². The van der Waals surface area contributed by atoms with Crippen LogP contribution in [0.1, 0.15) is 18.4 Å². The molecule has 3 aliphatic rings. The first-order chi connectivity index (χ1) is 11.3. The molecule has 8 heteroatoms. The second-order valence-corrected chi connectivity index (χ2v) is 9.43. The smallest absolute Gasteiger partial charge is 0.281 e. The van der Waals surface area contributed by atoms with Gasteiger partial charge in [-0.1, -0.05) is 17.7 Å². The first-order valence-corrected chi connectivity index (χ1v) is 9.90. The normalized spacial score (nSPS) is 26.0. The van der Waals surface area contributed by atoms with Crippen molar-refractivity contribution in [2.45, 2.75) is 25.4 Å². The van der Waals surface area contributed by atoms with Gasteiger partial charge >= 0.3 is 0 Å². The molecule has 3 fully saturated rings. The van der Waals surface area contributed by atoms with Gasteiger partial charge in [0.05, 0.1) is 5.02 Å². The van der Waals surface area contributed by atoms with E-state index in [-0.39, 0.29) is 11.1 Å². The van der Waals surface area contributed by atoms with Crippen molar-refractivity contribution in [2.75, 3.05) is 33.7 Å². The molecule has 2 atom stereocenters. The van der Waals surface area contributed by atoms with E-state index in [1.54, 1.807) is 30.5 Å². The first kappa shape index (κ1) is 18.1. The fourth-order valence-corrected chi connectivity index (χ4v) is 5.05. The van der Waals surface area contributed by atoms with Crippen molar-refractivity contribution in [3.05, 3.63) is 34.6 Å². The zero-order valence-corrected chi connectivity index (χ0v) is 15.5. The molecule has 0 spiro atoms. The topological polar surface area (TPSA) is 43.9 Å². The molecule has 0 unspecified atom stereocenters. The quantitative estimate of drug-likeness (QED) is 0.810. The number of piperidine rings is 1. The standard InChI is InChI=1S/C16H23ClFN3O2S/c1-19(2)24(22,23)21-10-13-3-5-14(11-21)20(9-13)8-12-4-6-16(18)15(17)7-12/h4,6-7,13-14H,3,5,8-11H2,1-2H3/t13-,14-/m1/s1. The molecule has 0 radical (unpaired) electrons. The van der Waals surface area contributed by atoms with Gasteiger partial charge in [0, 0.05) is 46.3 Å². The van der Waals surface area contributed by atoms with Crippen LogP contribution in [0.3, 0.4) is 0 Å². The maximum absolute atomic E-state index is 13.3. The van der Waals surface area contributed by atoms with Crippen molar-refractivity contribution >= 4 is 21.8 Å². The third-order valence-corrected chi connectivity index (χ3v) is 7.11. The predicted molar refractivity (Wildman–Crippen MR) is 92.5 cm³/mol. The number of benzene rings is 1. The summed E-state index contributed by atoms with van der Waals surface area (Å²) >= 11 is 5.87. The molecule has 0 aromatic heterocycles. The summed E-state index contributed by atoms with van der Waals surface area (Å²) in [7, 11) is -0.249. The van der Waals surface area contributed by atoms with Crippen molar-refractivity contribution in [3.8, 4) is 0 Å². The molecule has 0 N–H and O–H groups in total. The lowest BCUT2D eigenvalue weighted by molar-refractivity contribution is 0.125. The summed E-state index contributed by atoms with van der Waals surface area (Å²) in [5.41, 5.74) is 0.955. The van der Waals surface area contributed by atoms with Gasteiger partial charge in [0.1, 0.15) is 5.82 Å². The van der Waals surface area contributed by atoms with E-state index >= 15 is 0 Å². The number of hydrogen-bond donors (Lipinski definition) is 0. The third kappa shape index (κ3) is 3.60. The lowest BCUT2D eigenvalue weighted by atomic mass is 9.94. The fourth-order valence-electron chi connectivity index (χ4n) is 3.62. The Kier molecular flexibility index (Phi) is 5.18. The number of nitrogens with zero attached hydrogens (tertiary/aromatic N) is 3. The van der Waals surface area contributed by atoms with Crippen molar-refractivity contribution < 1.29 is 12.8 Å². The van der Waals surface area contributed by atoms with Gasteiger partial charge in [0.15, 0.2) is 0 Å². The summed E-state index contributed by atoms with van der Waals surface area (Å²) in [5.74, 6) is -0.0875. The van der Waals surface area contributed by atoms with E-state index in [0.717, 1.165) is 24.9 Å². The van der Waals surface area contributed by atoms with Crippen LogP contribution in [0.15, 0.2) is 18.2 Å². The number of fused-ring (bicyclic) bond motifs is 4. The molecule has 4 rings (SSSR count). The predicted octanol–water partition coefficient (Wildman–Crippen LogP) is 2.18. The molecule has 0 amide bonds. The summed E-state index contributed by atoms with van der Waals surface area (Å²) in [6.07, 6.45) is 2.03. The first-order valence-electron chi connectivity index (χ1n) is 8.13. The van der Waals surface area contributed by atoms with Gasteiger partial charge in [0.25, 0.3) is 10.2 Å². The Labute approximate surface area is 148 Å². The van der Waals surface area contributed by atoms with Gasteiger partial charge in [-0.05, 0) is 36.5 Å². The lowest BCUT2D eigenvalue weighted by Gasteiger charge is -2.36. The zero-order chi connectivity index (χ0) is 17.5. The minimum absolute atomic E-state index is 0.129. The average molecular weight is 376 g/mol. The maximum atomic E-state index is 13.3. The van der Waals surface area contributed by atoms with E-state index in [4.69, 9.17) is 11.6 Å². The fraction of sp³-hybridized carbons (Fsp3) is 0.625. The Morgan fingerprint density at radius 3 is 2.67 bits per heavy atom. The summed E-state index contributed by atoms with van der Waals surface area (Å²) < 4.78 is 41.2. The molecular weight excluding hydrogens is 353 g/mol. The van der Waals surface area contributed by atoms with Crippen LogP contribution in [0.2, 0.25) is 5.02 Å². The van der Waals surface area contributed by atoms with E-state index in [1.165, 1.54) is 10.4 Å². The molecule has 1 aromatic rings. The van der Waals surface area contributed by atoms with Gasteiger partial charge in [-0.2, -0.15) is 17.0 Å². The second-order valence-electron chi connectivity index (χ2n) is 6.88. The maximum Gasteiger partial charge on any atom is 0.281 e. The highest BCUT2D eigenvalue weighted by Gasteiger charge is 2.39. The summed E-state index contributed by atoms with van der Waals surface area (Å²) in [4.78, 5) is 2.31. The van der Waals surface area contributed by atoms with Crippen LogP contribution in [0.4, 0.5) is 4.39 Å². The van der Waals surface area contributed by atoms with E-state index in [2.05, 4.69) is 4.90 Å². The molecule has 1 aromatic carbocycles. The number of halogens is 2. The van der Waals surface area contributed by atoms with Crippen molar-refractivity contribution in [2.24, 2.45) is 5.92 Å². The van der Waals surface area contributed by atoms with Crippen molar-refractivity contribution in [3.63, 3.8) is 0 Å². The zero-order valence-electron chi connectivity index (χ0n) is 14.0. The second kappa shape index (κ2) is 6.88. The highest BCUT2D eigenvalue weighted by atomic mass is 35.5. The largest absolute Gasteiger partial charge is 0.294 e. The molecule has 2 bridgehead atoms. The minimum atomic E-state index is -3.39. The highest BCUT2D eigenvalue weighted by Crippen LogP contribution is 2.31. The molecular formula is C16H23ClFN3O2S. The lowest BCUT2D eigenvalue weighted by Crippen LogP contribution is -2.45. The molecule has 3 saturated heterocycles. The van der Waals surface area contributed by atoms with Gasteiger partial charge in [-0.25, -0.2) is 4.39 Å². The van der Waals surface area contributed by atoms with E-state index < -0.39 is 16.0 Å². The highest BCUT2D eigenvalue weighted by molar-refractivity contribution is 7.86. The number of hydrogen-bond acceptors (Lipinski definition) is 3. The van der Waals surface area contributed by atoms with Crippen molar-refractivity contribution in [1.82, 2.24) is 13.5 Å². The molecule has 0 saturated carbocycles. The Balaban J connectivity index is 1.77. The van der Waals surface area contributed by atoms with Crippen LogP contribution < -0.4 is 0 Å². The van der Waals surface area contributed by atoms with Crippen LogP contribution in [0.25, 0.3) is 0 Å². The van der Waals surface area contributed by atoms with Crippen LogP contribution in [-0.2, 0) is 16.8 Å². The SMILES string of the molecule is CN(C)S(=O)(=O)N1C[C@@H]2CC[C@H](C1)N(Cc1ccc(F)c(Cl)c1)C2. The van der Waals surface area contributed by atoms with E-state index in [0.29, 0.717) is 25.6 Å². The van der Waals surface area contributed by atoms with Crippen LogP contribution in [0, 0.1) is 11.7 Å². The molecule has 3 heterocycles. The van der Waals surface area contributed by atoms with Gasteiger partial charge < -0.3 is 0 Å². The van der Waals surface area contributed by atoms with Crippen molar-refractivity contribution in [1.29, 1.82) is 0 Å². The average Bonchev–Trinajstić information content (AvgIpc) is 2.83. The number of rotatable bonds is 4. The van der Waals surface area contributed by atoms with Crippen LogP contribution in [-0.4, -0.2) is 61.7 Å². The Morgan fingerprint density at radius 2 is 2.00 bits per heavy atom. The van der Waals surface area contributed by atoms with E-state index in [1.807, 2.05) is 0 Å². The Hall–Kier alpha value is -0.730. The minimum Gasteiger partial charge on any atom is -0.294 e. The molecule has 24 heavy (non-hydrogen) atoms. The summed E-state index contributed by atoms with van der Waals surface area (Å²) in [6, 6.07) is 4.97. The van der Waals surface area contributed by atoms with Crippen LogP contribution in [0.5, 0.6) is 0 Å². The van der Waals surface area contributed by atoms with Gasteiger partial charge in [-0.15, -0.1) is 0 Å². The third-order valence-electron chi connectivity index (χ3n) is 4.95. The van der Waals surface area contributed by atoms with Crippen LogP contribution >= 0.6 is 11.6 Å². The van der Waals surface area contributed by atoms with Gasteiger partial charge in [-0.3, -0.25) is 4.90 Å². The monoisotopic (exact) mass is 375 g/mol. The Morgan fingerprint density at radius 1 is 1.25 bits per heavy atom. The Bertz CT molecular complexity index is 713.